The molecule has 0 unspecified atom stereocenters. The van der Waals surface area contributed by atoms with Crippen LogP contribution in [-0.2, 0) is 9.59 Å². The summed E-state index contributed by atoms with van der Waals surface area (Å²) in [4.78, 5) is 24.0. The number of nitrogens with zero attached hydrogens (tertiary/aromatic N) is 2. The molecule has 0 saturated carbocycles. The van der Waals surface area contributed by atoms with E-state index in [1.807, 2.05) is 6.07 Å². The smallest absolute Gasteiger partial charge is 0.229 e. The lowest BCUT2D eigenvalue weighted by Crippen LogP contribution is -2.30. The minimum Gasteiger partial charge on any atom is -0.493 e. The average Bonchev–Trinajstić information content (AvgIpc) is 2.75. The van der Waals surface area contributed by atoms with Gasteiger partial charge in [-0.2, -0.15) is 5.26 Å². The second-order valence-corrected chi connectivity index (χ2v) is 4.28. The molecule has 19 heavy (non-hydrogen) atoms. The van der Waals surface area contributed by atoms with Crippen LogP contribution in [0.15, 0.2) is 24.3 Å². The van der Waals surface area contributed by atoms with Gasteiger partial charge in [0.1, 0.15) is 5.75 Å². The van der Waals surface area contributed by atoms with Crippen LogP contribution in [0, 0.1) is 11.3 Å². The molecule has 0 aliphatic carbocycles. The predicted octanol–water partition coefficient (Wildman–Crippen LogP) is 1.48. The average molecular weight is 258 g/mol. The molecule has 0 radical (unpaired) electrons. The molecule has 1 fully saturated rings. The number of hydrogen-bond donors (Lipinski definition) is 0. The number of rotatable bonds is 5. The monoisotopic (exact) mass is 258 g/mol. The largest absolute Gasteiger partial charge is 0.493 e. The number of nitriles is 1. The highest BCUT2D eigenvalue weighted by Gasteiger charge is 2.27. The van der Waals surface area contributed by atoms with Crippen molar-refractivity contribution in [2.45, 2.75) is 19.3 Å². The number of ether oxygens (including phenoxy) is 1. The van der Waals surface area contributed by atoms with Crippen molar-refractivity contribution in [2.75, 3.05) is 13.2 Å². The predicted molar refractivity (Wildman–Crippen MR) is 67.2 cm³/mol. The minimum atomic E-state index is -0.100. The summed E-state index contributed by atoms with van der Waals surface area (Å²) in [5.41, 5.74) is 0.544. The first-order valence-corrected chi connectivity index (χ1v) is 6.17. The van der Waals surface area contributed by atoms with Crippen LogP contribution in [-0.4, -0.2) is 29.9 Å². The van der Waals surface area contributed by atoms with E-state index in [1.54, 1.807) is 24.3 Å². The Balaban J connectivity index is 1.76. The first-order chi connectivity index (χ1) is 9.20. The number of imide groups is 1. The number of amides is 2. The highest BCUT2D eigenvalue weighted by molar-refractivity contribution is 6.01. The fourth-order valence-electron chi connectivity index (χ4n) is 1.94. The number of likely N-dealkylation sites (tertiary alicyclic amines) is 1. The Morgan fingerprint density at radius 1 is 1.26 bits per heavy atom. The van der Waals surface area contributed by atoms with E-state index in [2.05, 4.69) is 0 Å². The maximum absolute atomic E-state index is 11.4. The molecular weight excluding hydrogens is 244 g/mol. The van der Waals surface area contributed by atoms with Gasteiger partial charge in [0, 0.05) is 19.4 Å². The molecule has 0 N–H and O–H groups in total. The van der Waals surface area contributed by atoms with Crippen molar-refractivity contribution in [2.24, 2.45) is 0 Å². The molecule has 1 heterocycles. The Morgan fingerprint density at radius 2 is 2.00 bits per heavy atom. The van der Waals surface area contributed by atoms with Crippen molar-refractivity contribution in [3.8, 4) is 11.8 Å². The van der Waals surface area contributed by atoms with Gasteiger partial charge in [0.25, 0.3) is 0 Å². The van der Waals surface area contributed by atoms with Crippen LogP contribution in [0.4, 0.5) is 0 Å². The zero-order valence-corrected chi connectivity index (χ0v) is 10.5. The summed E-state index contributed by atoms with van der Waals surface area (Å²) in [5.74, 6) is 0.422. The van der Waals surface area contributed by atoms with Crippen LogP contribution in [0.3, 0.4) is 0 Å². The molecule has 0 bridgehead atoms. The summed E-state index contributed by atoms with van der Waals surface area (Å²) < 4.78 is 5.48. The molecule has 0 atom stereocenters. The molecular formula is C14H14N2O3. The first kappa shape index (κ1) is 13.1. The second-order valence-electron chi connectivity index (χ2n) is 4.28. The Bertz CT molecular complexity index is 518. The van der Waals surface area contributed by atoms with Crippen molar-refractivity contribution in [1.82, 2.24) is 4.90 Å². The van der Waals surface area contributed by atoms with E-state index in [0.717, 1.165) is 0 Å². The third-order valence-electron chi connectivity index (χ3n) is 2.91. The Hall–Kier alpha value is -2.35. The van der Waals surface area contributed by atoms with Crippen molar-refractivity contribution in [3.05, 3.63) is 29.8 Å². The molecule has 2 rings (SSSR count). The van der Waals surface area contributed by atoms with Gasteiger partial charge in [0.2, 0.25) is 11.8 Å². The molecule has 98 valence electrons. The van der Waals surface area contributed by atoms with Crippen LogP contribution >= 0.6 is 0 Å². The fraction of sp³-hybridized carbons (Fsp3) is 0.357. The van der Waals surface area contributed by atoms with Crippen molar-refractivity contribution in [3.63, 3.8) is 0 Å². The number of benzene rings is 1. The number of carbonyl (C=O) groups excluding carboxylic acids is 2. The SMILES string of the molecule is N#Cc1cccc(OCCCN2C(=O)CCC2=O)c1. The van der Waals surface area contributed by atoms with Crippen LogP contribution in [0.25, 0.3) is 0 Å². The zero-order chi connectivity index (χ0) is 13.7. The van der Waals surface area contributed by atoms with Gasteiger partial charge in [-0.05, 0) is 24.6 Å². The van der Waals surface area contributed by atoms with Crippen molar-refractivity contribution in [1.29, 1.82) is 5.26 Å². The number of hydrogen-bond acceptors (Lipinski definition) is 4. The summed E-state index contributed by atoms with van der Waals surface area (Å²) >= 11 is 0. The van der Waals surface area contributed by atoms with E-state index in [9.17, 15) is 9.59 Å². The lowest BCUT2D eigenvalue weighted by Gasteiger charge is -2.13. The fourth-order valence-corrected chi connectivity index (χ4v) is 1.94. The summed E-state index contributed by atoms with van der Waals surface area (Å²) in [5, 5.41) is 8.75. The van der Waals surface area contributed by atoms with Gasteiger partial charge < -0.3 is 4.74 Å². The normalized spacial score (nSPS) is 14.6. The van der Waals surface area contributed by atoms with Crippen LogP contribution in [0.2, 0.25) is 0 Å². The van der Waals surface area contributed by atoms with E-state index in [4.69, 9.17) is 10.00 Å². The molecule has 1 aliphatic heterocycles. The highest BCUT2D eigenvalue weighted by Crippen LogP contribution is 2.14. The van der Waals surface area contributed by atoms with Crippen molar-refractivity contribution >= 4 is 11.8 Å². The van der Waals surface area contributed by atoms with E-state index in [-0.39, 0.29) is 11.8 Å². The molecule has 1 aromatic carbocycles. The van der Waals surface area contributed by atoms with Gasteiger partial charge >= 0.3 is 0 Å². The Labute approximate surface area is 111 Å². The van der Waals surface area contributed by atoms with Crippen LogP contribution < -0.4 is 4.74 Å². The third kappa shape index (κ3) is 3.32. The molecule has 5 nitrogen and oxygen atoms in total. The summed E-state index contributed by atoms with van der Waals surface area (Å²) in [6, 6.07) is 8.92. The molecule has 1 aliphatic rings. The zero-order valence-electron chi connectivity index (χ0n) is 10.5. The van der Waals surface area contributed by atoms with Gasteiger partial charge in [0.15, 0.2) is 0 Å². The molecule has 2 amide bonds. The van der Waals surface area contributed by atoms with Gasteiger partial charge in [-0.1, -0.05) is 6.07 Å². The van der Waals surface area contributed by atoms with Crippen LogP contribution in [0.1, 0.15) is 24.8 Å². The maximum Gasteiger partial charge on any atom is 0.229 e. The molecule has 5 heteroatoms. The first-order valence-electron chi connectivity index (χ1n) is 6.17. The minimum absolute atomic E-state index is 0.100. The lowest BCUT2D eigenvalue weighted by atomic mass is 10.2. The molecule has 1 aromatic rings. The van der Waals surface area contributed by atoms with Gasteiger partial charge in [-0.25, -0.2) is 0 Å². The standard InChI is InChI=1S/C14H14N2O3/c15-10-11-3-1-4-12(9-11)19-8-2-7-16-13(17)5-6-14(16)18/h1,3-4,9H,2,5-8H2. The Morgan fingerprint density at radius 3 is 2.68 bits per heavy atom. The Kier molecular flexibility index (Phi) is 4.14. The van der Waals surface area contributed by atoms with Gasteiger partial charge in [0.05, 0.1) is 18.2 Å². The van der Waals surface area contributed by atoms with E-state index < -0.39 is 0 Å². The lowest BCUT2D eigenvalue weighted by molar-refractivity contribution is -0.138. The number of carbonyl (C=O) groups is 2. The topological polar surface area (TPSA) is 70.4 Å². The maximum atomic E-state index is 11.4. The second kappa shape index (κ2) is 6.01. The van der Waals surface area contributed by atoms with Crippen molar-refractivity contribution < 1.29 is 14.3 Å². The van der Waals surface area contributed by atoms with Gasteiger partial charge in [-0.15, -0.1) is 0 Å². The third-order valence-corrected chi connectivity index (χ3v) is 2.91. The van der Waals surface area contributed by atoms with E-state index >= 15 is 0 Å². The van der Waals surface area contributed by atoms with E-state index in [1.165, 1.54) is 4.90 Å². The summed E-state index contributed by atoms with van der Waals surface area (Å²) in [6.45, 7) is 0.807. The molecule has 0 spiro atoms. The van der Waals surface area contributed by atoms with Gasteiger partial charge in [-0.3, -0.25) is 14.5 Å². The quantitative estimate of drug-likeness (QED) is 0.592. The summed E-state index contributed by atoms with van der Waals surface area (Å²) in [7, 11) is 0. The molecule has 1 saturated heterocycles. The summed E-state index contributed by atoms with van der Waals surface area (Å²) in [6.07, 6.45) is 1.24. The van der Waals surface area contributed by atoms with Crippen LogP contribution in [0.5, 0.6) is 5.75 Å². The van der Waals surface area contributed by atoms with E-state index in [0.29, 0.717) is 43.7 Å². The highest BCUT2D eigenvalue weighted by atomic mass is 16.5. The molecule has 0 aromatic heterocycles.